The fourth-order valence-corrected chi connectivity index (χ4v) is 3.45. The Balaban J connectivity index is 1.76. The summed E-state index contributed by atoms with van der Waals surface area (Å²) in [6.45, 7) is -0.689. The molecule has 5 unspecified atom stereocenters. The molecule has 0 bridgehead atoms. The van der Waals surface area contributed by atoms with Crippen molar-refractivity contribution in [2.75, 3.05) is 6.61 Å². The number of aromatic hydroxyl groups is 4. The number of benzene rings is 2. The lowest BCUT2D eigenvalue weighted by Crippen LogP contribution is -2.60. The summed E-state index contributed by atoms with van der Waals surface area (Å²) in [6, 6.07) is 5.48. The van der Waals surface area contributed by atoms with Crippen molar-refractivity contribution < 1.29 is 54.7 Å². The Morgan fingerprint density at radius 2 is 1.61 bits per heavy atom. The van der Waals surface area contributed by atoms with Crippen molar-refractivity contribution in [3.05, 3.63) is 40.6 Å². The molecule has 0 aliphatic carbocycles. The first-order valence-corrected chi connectivity index (χ1v) is 9.64. The zero-order valence-electron chi connectivity index (χ0n) is 16.7. The lowest BCUT2D eigenvalue weighted by Gasteiger charge is -2.39. The van der Waals surface area contributed by atoms with Gasteiger partial charge in [-0.25, -0.2) is 0 Å². The molecule has 1 saturated heterocycles. The predicted octanol–water partition coefficient (Wildman–Crippen LogP) is -0.539. The Bertz CT molecular complexity index is 1250. The van der Waals surface area contributed by atoms with Crippen molar-refractivity contribution in [2.45, 2.75) is 30.7 Å². The molecule has 2 heterocycles. The van der Waals surface area contributed by atoms with Gasteiger partial charge in [0.25, 0.3) is 0 Å². The molecule has 12 nitrogen and oxygen atoms in total. The van der Waals surface area contributed by atoms with Gasteiger partial charge in [0.2, 0.25) is 17.5 Å². The van der Waals surface area contributed by atoms with Gasteiger partial charge in [-0.3, -0.25) is 4.79 Å². The molecule has 8 N–H and O–H groups in total. The third-order valence-corrected chi connectivity index (χ3v) is 5.28. The molecule has 1 fully saturated rings. The van der Waals surface area contributed by atoms with Crippen LogP contribution in [0, 0.1) is 0 Å². The van der Waals surface area contributed by atoms with Gasteiger partial charge in [0.05, 0.1) is 12.0 Å². The zero-order chi connectivity index (χ0) is 24.0. The lowest BCUT2D eigenvalue weighted by molar-refractivity contribution is -0.277. The third-order valence-electron chi connectivity index (χ3n) is 5.28. The fraction of sp³-hybridized carbons (Fsp3) is 0.286. The van der Waals surface area contributed by atoms with Gasteiger partial charge in [0.15, 0.2) is 28.8 Å². The minimum atomic E-state index is -1.75. The van der Waals surface area contributed by atoms with E-state index in [1.54, 1.807) is 0 Å². The number of rotatable bonds is 4. The molecule has 1 aromatic heterocycles. The van der Waals surface area contributed by atoms with Crippen molar-refractivity contribution >= 4 is 11.0 Å². The maximum atomic E-state index is 12.6. The van der Waals surface area contributed by atoms with E-state index in [2.05, 4.69) is 0 Å². The fourth-order valence-electron chi connectivity index (χ4n) is 3.45. The number of hydrogen-bond donors (Lipinski definition) is 8. The minimum Gasteiger partial charge on any atom is -0.504 e. The summed E-state index contributed by atoms with van der Waals surface area (Å²) < 4.78 is 16.2. The minimum absolute atomic E-state index is 0.0614. The summed E-state index contributed by atoms with van der Waals surface area (Å²) in [7, 11) is 0. The van der Waals surface area contributed by atoms with Crippen LogP contribution in [0.2, 0.25) is 0 Å². The summed E-state index contributed by atoms with van der Waals surface area (Å²) in [6.07, 6.45) is -7.94. The van der Waals surface area contributed by atoms with Crippen LogP contribution in [0.1, 0.15) is 0 Å². The van der Waals surface area contributed by atoms with Crippen molar-refractivity contribution in [3.63, 3.8) is 0 Å². The summed E-state index contributed by atoms with van der Waals surface area (Å²) in [5, 5.41) is 78.7. The van der Waals surface area contributed by atoms with E-state index in [0.717, 1.165) is 24.3 Å². The molecule has 176 valence electrons. The van der Waals surface area contributed by atoms with Gasteiger partial charge in [0.1, 0.15) is 30.0 Å². The van der Waals surface area contributed by atoms with Crippen LogP contribution in [0.5, 0.6) is 28.7 Å². The Labute approximate surface area is 184 Å². The normalized spacial score (nSPS) is 25.3. The molecule has 1 aliphatic rings. The molecule has 3 aromatic rings. The van der Waals surface area contributed by atoms with Crippen LogP contribution in [0.4, 0.5) is 0 Å². The molecule has 5 atom stereocenters. The number of phenolic OH excluding ortho intramolecular Hbond substituents is 3. The second-order valence-corrected chi connectivity index (χ2v) is 7.44. The molecule has 0 saturated carbocycles. The van der Waals surface area contributed by atoms with Crippen LogP contribution in [-0.2, 0) is 4.74 Å². The summed E-state index contributed by atoms with van der Waals surface area (Å²) >= 11 is 0. The second kappa shape index (κ2) is 8.42. The first-order chi connectivity index (χ1) is 15.6. The smallest absolute Gasteiger partial charge is 0.235 e. The molecule has 0 amide bonds. The van der Waals surface area contributed by atoms with Crippen LogP contribution in [0.25, 0.3) is 22.3 Å². The maximum Gasteiger partial charge on any atom is 0.235 e. The zero-order valence-corrected chi connectivity index (χ0v) is 16.7. The highest BCUT2D eigenvalue weighted by Gasteiger charge is 2.45. The average Bonchev–Trinajstić information content (AvgIpc) is 2.79. The van der Waals surface area contributed by atoms with Crippen LogP contribution in [0.3, 0.4) is 0 Å². The third kappa shape index (κ3) is 3.90. The Morgan fingerprint density at radius 3 is 2.27 bits per heavy atom. The maximum absolute atomic E-state index is 12.6. The van der Waals surface area contributed by atoms with Gasteiger partial charge in [0, 0.05) is 11.6 Å². The summed E-state index contributed by atoms with van der Waals surface area (Å²) in [5.41, 5.74) is -1.02. The molecule has 4 rings (SSSR count). The van der Waals surface area contributed by atoms with E-state index in [0.29, 0.717) is 0 Å². The molecule has 1 aliphatic heterocycles. The highest BCUT2D eigenvalue weighted by Crippen LogP contribution is 2.38. The van der Waals surface area contributed by atoms with Crippen LogP contribution in [0.15, 0.2) is 39.5 Å². The Kier molecular flexibility index (Phi) is 5.78. The van der Waals surface area contributed by atoms with E-state index in [4.69, 9.17) is 13.9 Å². The SMILES string of the molecule is O=c1c(O)c(-c2ccc(O)c(O)c2)oc2cc(OC3OC(CO)C(O)C(O)C3O)c(O)cc12. The van der Waals surface area contributed by atoms with Crippen LogP contribution < -0.4 is 10.2 Å². The summed E-state index contributed by atoms with van der Waals surface area (Å²) in [4.78, 5) is 12.6. The molecule has 0 radical (unpaired) electrons. The van der Waals surface area contributed by atoms with Crippen molar-refractivity contribution in [1.29, 1.82) is 0 Å². The molecule has 12 heteroatoms. The van der Waals surface area contributed by atoms with E-state index in [1.807, 2.05) is 0 Å². The highest BCUT2D eigenvalue weighted by molar-refractivity contribution is 5.85. The van der Waals surface area contributed by atoms with E-state index < -0.39 is 65.7 Å². The molecule has 0 spiro atoms. The van der Waals surface area contributed by atoms with Gasteiger partial charge in [-0.15, -0.1) is 0 Å². The number of hydrogen-bond acceptors (Lipinski definition) is 12. The number of fused-ring (bicyclic) bond motifs is 1. The van der Waals surface area contributed by atoms with Gasteiger partial charge in [-0.2, -0.15) is 0 Å². The van der Waals surface area contributed by atoms with E-state index >= 15 is 0 Å². The molecule has 2 aromatic carbocycles. The summed E-state index contributed by atoms with van der Waals surface area (Å²) in [5.74, 6) is -3.04. The average molecular weight is 464 g/mol. The second-order valence-electron chi connectivity index (χ2n) is 7.44. The molecular weight excluding hydrogens is 444 g/mol. The van der Waals surface area contributed by atoms with Crippen LogP contribution >= 0.6 is 0 Å². The predicted molar refractivity (Wildman–Crippen MR) is 109 cm³/mol. The largest absolute Gasteiger partial charge is 0.504 e. The van der Waals surface area contributed by atoms with Gasteiger partial charge in [-0.1, -0.05) is 0 Å². The number of aliphatic hydroxyl groups is 4. The van der Waals surface area contributed by atoms with Crippen molar-refractivity contribution in [1.82, 2.24) is 0 Å². The van der Waals surface area contributed by atoms with Gasteiger partial charge >= 0.3 is 0 Å². The highest BCUT2D eigenvalue weighted by atomic mass is 16.7. The van der Waals surface area contributed by atoms with Gasteiger partial charge in [-0.05, 0) is 24.3 Å². The van der Waals surface area contributed by atoms with E-state index in [1.165, 1.54) is 6.07 Å². The quantitative estimate of drug-likeness (QED) is 0.229. The van der Waals surface area contributed by atoms with Crippen molar-refractivity contribution in [2.24, 2.45) is 0 Å². The van der Waals surface area contributed by atoms with Crippen LogP contribution in [-0.4, -0.2) is 78.2 Å². The number of phenols is 3. The number of aliphatic hydroxyl groups excluding tert-OH is 4. The van der Waals surface area contributed by atoms with Crippen molar-refractivity contribution in [3.8, 4) is 40.1 Å². The van der Waals surface area contributed by atoms with E-state index in [-0.39, 0.29) is 28.0 Å². The Hall–Kier alpha value is -3.55. The van der Waals surface area contributed by atoms with E-state index in [9.17, 15) is 45.6 Å². The standard InChI is InChI=1S/C21H20O12/c22-6-14-16(27)17(28)19(30)21(33-14)32-13-5-12-8(4-11(13)25)15(26)18(29)20(31-12)7-1-2-9(23)10(24)3-7/h1-5,14,16-17,19,21-25,27-30H,6H2. The lowest BCUT2D eigenvalue weighted by atomic mass is 9.99. The Morgan fingerprint density at radius 1 is 0.879 bits per heavy atom. The monoisotopic (exact) mass is 464 g/mol. The number of ether oxygens (including phenoxy) is 2. The topological polar surface area (TPSA) is 211 Å². The van der Waals surface area contributed by atoms with Gasteiger partial charge < -0.3 is 54.7 Å². The molecule has 33 heavy (non-hydrogen) atoms. The first kappa shape index (κ1) is 22.6. The molecular formula is C21H20O12. The first-order valence-electron chi connectivity index (χ1n) is 9.64.